The third-order valence-electron chi connectivity index (χ3n) is 6.94. The van der Waals surface area contributed by atoms with E-state index in [0.717, 1.165) is 11.1 Å². The van der Waals surface area contributed by atoms with E-state index in [9.17, 15) is 19.5 Å². The number of halogens is 1. The lowest BCUT2D eigenvalue weighted by molar-refractivity contribution is -0.119. The van der Waals surface area contributed by atoms with Crippen LogP contribution in [0, 0.1) is 5.82 Å². The summed E-state index contributed by atoms with van der Waals surface area (Å²) in [4.78, 5) is 38.4. The fourth-order valence-electron chi connectivity index (χ4n) is 4.79. The number of hydrogen-bond acceptors (Lipinski definition) is 4. The van der Waals surface area contributed by atoms with Gasteiger partial charge in [-0.15, -0.1) is 0 Å². The zero-order valence-electron chi connectivity index (χ0n) is 21.3. The van der Waals surface area contributed by atoms with Gasteiger partial charge in [0.2, 0.25) is 5.91 Å². The highest BCUT2D eigenvalue weighted by Crippen LogP contribution is 2.32. The molecule has 5 rings (SSSR count). The Balaban J connectivity index is 1.30. The Hall–Kier alpha value is -4.79. The van der Waals surface area contributed by atoms with Crippen LogP contribution in [0.2, 0.25) is 0 Å². The molecular weight excluding hydrogens is 499 g/mol. The lowest BCUT2D eigenvalue weighted by Gasteiger charge is -2.27. The average molecular weight is 527 g/mol. The highest BCUT2D eigenvalue weighted by Gasteiger charge is 2.28. The Morgan fingerprint density at radius 2 is 1.74 bits per heavy atom. The molecule has 39 heavy (non-hydrogen) atoms. The van der Waals surface area contributed by atoms with Crippen molar-refractivity contribution < 1.29 is 23.9 Å². The number of anilines is 1. The molecule has 2 amide bonds. The molecule has 1 unspecified atom stereocenters. The van der Waals surface area contributed by atoms with E-state index >= 15 is 4.39 Å². The first-order valence-electron chi connectivity index (χ1n) is 12.7. The van der Waals surface area contributed by atoms with E-state index in [2.05, 4.69) is 5.32 Å². The van der Waals surface area contributed by atoms with Gasteiger partial charge < -0.3 is 10.4 Å². The van der Waals surface area contributed by atoms with Crippen LogP contribution in [0.4, 0.5) is 10.2 Å². The molecule has 2 heterocycles. The number of aryl methyl sites for hydroxylation is 1. The number of nitrogens with zero attached hydrogens (tertiary/aromatic N) is 3. The molecule has 0 spiro atoms. The largest absolute Gasteiger partial charge is 0.478 e. The quantitative estimate of drug-likeness (QED) is 0.346. The predicted octanol–water partition coefficient (Wildman–Crippen LogP) is 4.71. The highest BCUT2D eigenvalue weighted by molar-refractivity contribution is 6.04. The molecule has 3 aromatic carbocycles. The maximum atomic E-state index is 15.0. The van der Waals surface area contributed by atoms with E-state index in [0.29, 0.717) is 23.6 Å². The van der Waals surface area contributed by atoms with Gasteiger partial charge in [-0.25, -0.2) is 13.9 Å². The number of amides is 2. The van der Waals surface area contributed by atoms with E-state index in [1.54, 1.807) is 27.8 Å². The van der Waals surface area contributed by atoms with Crippen LogP contribution in [0.1, 0.15) is 51.2 Å². The number of rotatable bonds is 8. The van der Waals surface area contributed by atoms with Gasteiger partial charge >= 0.3 is 5.97 Å². The monoisotopic (exact) mass is 526 g/mol. The molecule has 0 aliphatic carbocycles. The fourth-order valence-corrected chi connectivity index (χ4v) is 4.79. The molecule has 0 bridgehead atoms. The van der Waals surface area contributed by atoms with E-state index in [-0.39, 0.29) is 48.3 Å². The molecular formula is C30H27FN4O4. The number of carbonyl (C=O) groups is 3. The number of carbonyl (C=O) groups excluding carboxylic acids is 2. The molecule has 2 N–H and O–H groups in total. The van der Waals surface area contributed by atoms with Crippen LogP contribution >= 0.6 is 0 Å². The summed E-state index contributed by atoms with van der Waals surface area (Å²) >= 11 is 0. The van der Waals surface area contributed by atoms with Crippen molar-refractivity contribution in [2.45, 2.75) is 25.8 Å². The van der Waals surface area contributed by atoms with E-state index < -0.39 is 11.9 Å². The average Bonchev–Trinajstić information content (AvgIpc) is 3.38. The van der Waals surface area contributed by atoms with Crippen LogP contribution < -0.4 is 10.2 Å². The van der Waals surface area contributed by atoms with Gasteiger partial charge in [-0.05, 0) is 29.3 Å². The number of carboxylic acids is 1. The van der Waals surface area contributed by atoms with E-state index in [1.807, 2.05) is 49.4 Å². The standard InChI is InChI=1S/C30H27FN4O4/c1-19(21-11-12-22(25(31)17-21)20-7-3-2-4-8-20)26-18-27-34(28(36)13-15-35(27)33-26)16-14-32-29(37)23-9-5-6-10-24(23)30(38)39/h2-12,17-19H,13-16H2,1H3,(H,32,37)(H,38,39). The number of aromatic nitrogens is 2. The SMILES string of the molecule is CC(c1ccc(-c2ccccc2)c(F)c1)c1cc2n(n1)CCC(=O)N2CCNC(=O)c1ccccc1C(=O)O. The summed E-state index contributed by atoms with van der Waals surface area (Å²) in [6, 6.07) is 22.3. The topological polar surface area (TPSA) is 105 Å². The number of hydrogen-bond donors (Lipinski definition) is 2. The number of carboxylic acid groups (broad SMARTS) is 1. The molecule has 0 fully saturated rings. The first-order valence-corrected chi connectivity index (χ1v) is 12.7. The first kappa shape index (κ1) is 25.8. The van der Waals surface area contributed by atoms with Crippen LogP contribution in [0.3, 0.4) is 0 Å². The molecule has 1 atom stereocenters. The maximum absolute atomic E-state index is 15.0. The number of fused-ring (bicyclic) bond motifs is 1. The Kier molecular flexibility index (Phi) is 7.23. The predicted molar refractivity (Wildman–Crippen MR) is 144 cm³/mol. The van der Waals surface area contributed by atoms with E-state index in [1.165, 1.54) is 18.2 Å². The van der Waals surface area contributed by atoms with Crippen molar-refractivity contribution in [3.05, 3.63) is 107 Å². The highest BCUT2D eigenvalue weighted by atomic mass is 19.1. The Bertz CT molecular complexity index is 1550. The fraction of sp³-hybridized carbons (Fsp3) is 0.200. The number of aromatic carboxylic acids is 1. The summed E-state index contributed by atoms with van der Waals surface area (Å²) in [5, 5.41) is 16.7. The molecule has 1 aliphatic heterocycles. The van der Waals surface area contributed by atoms with Crippen LogP contribution in [0.25, 0.3) is 11.1 Å². The van der Waals surface area contributed by atoms with Crippen molar-refractivity contribution in [1.82, 2.24) is 15.1 Å². The normalized spacial score (nSPS) is 13.6. The Labute approximate surface area is 224 Å². The van der Waals surface area contributed by atoms with Crippen molar-refractivity contribution >= 4 is 23.6 Å². The van der Waals surface area contributed by atoms with Gasteiger partial charge in [-0.2, -0.15) is 5.10 Å². The lowest BCUT2D eigenvalue weighted by Crippen LogP contribution is -2.42. The second-order valence-corrected chi connectivity index (χ2v) is 9.38. The summed E-state index contributed by atoms with van der Waals surface area (Å²) in [6.45, 7) is 2.69. The van der Waals surface area contributed by atoms with Gasteiger partial charge in [0, 0.05) is 37.1 Å². The van der Waals surface area contributed by atoms with E-state index in [4.69, 9.17) is 5.10 Å². The molecule has 0 radical (unpaired) electrons. The zero-order chi connectivity index (χ0) is 27.5. The van der Waals surface area contributed by atoms with Crippen LogP contribution in [-0.4, -0.2) is 45.8 Å². The van der Waals surface area contributed by atoms with Crippen LogP contribution in [0.15, 0.2) is 78.9 Å². The van der Waals surface area contributed by atoms with Gasteiger partial charge in [0.25, 0.3) is 5.91 Å². The minimum atomic E-state index is -1.19. The third-order valence-corrected chi connectivity index (χ3v) is 6.94. The van der Waals surface area contributed by atoms with Crippen LogP contribution in [-0.2, 0) is 11.3 Å². The zero-order valence-corrected chi connectivity index (χ0v) is 21.3. The molecule has 0 saturated heterocycles. The van der Waals surface area contributed by atoms with Crippen molar-refractivity contribution in [2.24, 2.45) is 0 Å². The second-order valence-electron chi connectivity index (χ2n) is 9.38. The molecule has 4 aromatic rings. The van der Waals surface area contributed by atoms with Gasteiger partial charge in [-0.1, -0.05) is 61.5 Å². The van der Waals surface area contributed by atoms with Crippen molar-refractivity contribution in [1.29, 1.82) is 0 Å². The molecule has 198 valence electrons. The van der Waals surface area contributed by atoms with Gasteiger partial charge in [-0.3, -0.25) is 14.5 Å². The molecule has 1 aliphatic rings. The van der Waals surface area contributed by atoms with Gasteiger partial charge in [0.05, 0.1) is 23.4 Å². The Morgan fingerprint density at radius 1 is 1.03 bits per heavy atom. The van der Waals surface area contributed by atoms with Crippen molar-refractivity contribution in [2.75, 3.05) is 18.0 Å². The summed E-state index contributed by atoms with van der Waals surface area (Å²) in [6.07, 6.45) is 0.263. The number of nitrogens with one attached hydrogen (secondary N) is 1. The van der Waals surface area contributed by atoms with Crippen molar-refractivity contribution in [3.8, 4) is 11.1 Å². The van der Waals surface area contributed by atoms with Crippen LogP contribution in [0.5, 0.6) is 0 Å². The lowest BCUT2D eigenvalue weighted by atomic mass is 9.95. The number of benzene rings is 3. The molecule has 0 saturated carbocycles. The Morgan fingerprint density at radius 3 is 2.46 bits per heavy atom. The second kappa shape index (κ2) is 10.9. The first-order chi connectivity index (χ1) is 18.8. The summed E-state index contributed by atoms with van der Waals surface area (Å²) in [7, 11) is 0. The summed E-state index contributed by atoms with van der Waals surface area (Å²) < 4.78 is 16.8. The minimum Gasteiger partial charge on any atom is -0.478 e. The van der Waals surface area contributed by atoms with Gasteiger partial charge in [0.15, 0.2) is 0 Å². The van der Waals surface area contributed by atoms with Crippen molar-refractivity contribution in [3.63, 3.8) is 0 Å². The molecule has 1 aromatic heterocycles. The minimum absolute atomic E-state index is 0.0571. The maximum Gasteiger partial charge on any atom is 0.336 e. The summed E-state index contributed by atoms with van der Waals surface area (Å²) in [5.41, 5.74) is 2.77. The molecule has 8 nitrogen and oxygen atoms in total. The van der Waals surface area contributed by atoms with Gasteiger partial charge in [0.1, 0.15) is 11.6 Å². The summed E-state index contributed by atoms with van der Waals surface area (Å²) in [5.74, 6) is -1.74. The third kappa shape index (κ3) is 5.29. The molecule has 9 heteroatoms. The smallest absolute Gasteiger partial charge is 0.336 e.